The van der Waals surface area contributed by atoms with Crippen LogP contribution in [-0.2, 0) is 0 Å². The highest BCUT2D eigenvalue weighted by atomic mass is 79.9. The topological polar surface area (TPSA) is 37.8 Å². The van der Waals surface area contributed by atoms with Crippen LogP contribution in [0.4, 0.5) is 14.6 Å². The number of benzene rings is 1. The van der Waals surface area contributed by atoms with Crippen LogP contribution in [0.3, 0.4) is 0 Å². The third kappa shape index (κ3) is 2.89. The van der Waals surface area contributed by atoms with Crippen LogP contribution in [0, 0.1) is 18.6 Å². The zero-order valence-electron chi connectivity index (χ0n) is 10.5. The molecule has 0 aliphatic heterocycles. The zero-order valence-corrected chi connectivity index (χ0v) is 12.1. The highest BCUT2D eigenvalue weighted by molar-refractivity contribution is 9.10. The standard InChI is InChI=1S/C13H12BrF2N3/c1-3-17-10-6-7(2)18-13(19-10)8-4-5-9(15)12(16)11(8)14/h4-6H,3H2,1-2H3,(H,17,18,19). The van der Waals surface area contributed by atoms with Gasteiger partial charge in [0.2, 0.25) is 0 Å². The fourth-order valence-electron chi connectivity index (χ4n) is 1.66. The van der Waals surface area contributed by atoms with Crippen molar-refractivity contribution in [3.8, 4) is 11.4 Å². The first-order valence-electron chi connectivity index (χ1n) is 5.76. The van der Waals surface area contributed by atoms with Gasteiger partial charge in [0.25, 0.3) is 0 Å². The Bertz CT molecular complexity index is 617. The zero-order chi connectivity index (χ0) is 14.0. The number of halogens is 3. The van der Waals surface area contributed by atoms with E-state index in [0.717, 1.165) is 18.3 Å². The van der Waals surface area contributed by atoms with Gasteiger partial charge < -0.3 is 5.32 Å². The molecular weight excluding hydrogens is 316 g/mol. The van der Waals surface area contributed by atoms with Crippen molar-refractivity contribution in [3.63, 3.8) is 0 Å². The summed E-state index contributed by atoms with van der Waals surface area (Å²) in [5.74, 6) is -0.842. The maximum atomic E-state index is 13.5. The molecular formula is C13H12BrF2N3. The molecule has 1 aromatic carbocycles. The smallest absolute Gasteiger partial charge is 0.173 e. The summed E-state index contributed by atoms with van der Waals surface area (Å²) in [5.41, 5.74) is 1.17. The van der Waals surface area contributed by atoms with Crippen molar-refractivity contribution in [1.82, 2.24) is 9.97 Å². The summed E-state index contributed by atoms with van der Waals surface area (Å²) in [5, 5.41) is 3.07. The summed E-state index contributed by atoms with van der Waals surface area (Å²) in [6.07, 6.45) is 0. The number of nitrogens with zero attached hydrogens (tertiary/aromatic N) is 2. The van der Waals surface area contributed by atoms with Gasteiger partial charge in [0.15, 0.2) is 17.5 Å². The SMILES string of the molecule is CCNc1cc(C)nc(-c2ccc(F)c(F)c2Br)n1. The van der Waals surface area contributed by atoms with Crippen molar-refractivity contribution >= 4 is 21.7 Å². The molecule has 3 nitrogen and oxygen atoms in total. The molecule has 0 bridgehead atoms. The lowest BCUT2D eigenvalue weighted by molar-refractivity contribution is 0.504. The molecule has 100 valence electrons. The van der Waals surface area contributed by atoms with Crippen molar-refractivity contribution in [2.24, 2.45) is 0 Å². The molecule has 6 heteroatoms. The molecule has 1 heterocycles. The Balaban J connectivity index is 2.55. The van der Waals surface area contributed by atoms with Crippen LogP contribution < -0.4 is 5.32 Å². The fourth-order valence-corrected chi connectivity index (χ4v) is 2.16. The molecule has 0 aliphatic carbocycles. The van der Waals surface area contributed by atoms with Gasteiger partial charge in [-0.15, -0.1) is 0 Å². The number of aromatic nitrogens is 2. The molecule has 0 amide bonds. The van der Waals surface area contributed by atoms with Gasteiger partial charge in [-0.3, -0.25) is 0 Å². The van der Waals surface area contributed by atoms with E-state index in [1.807, 2.05) is 13.8 Å². The second-order valence-corrected chi connectivity index (χ2v) is 4.76. The number of rotatable bonds is 3. The van der Waals surface area contributed by atoms with Gasteiger partial charge in [-0.2, -0.15) is 0 Å². The van der Waals surface area contributed by atoms with Crippen LogP contribution in [0.25, 0.3) is 11.4 Å². The minimum Gasteiger partial charge on any atom is -0.370 e. The quantitative estimate of drug-likeness (QED) is 0.868. The van der Waals surface area contributed by atoms with Crippen molar-refractivity contribution < 1.29 is 8.78 Å². The number of hydrogen-bond donors (Lipinski definition) is 1. The van der Waals surface area contributed by atoms with Crippen molar-refractivity contribution in [3.05, 3.63) is 40.0 Å². The van der Waals surface area contributed by atoms with E-state index in [2.05, 4.69) is 31.2 Å². The Morgan fingerprint density at radius 2 is 2.00 bits per heavy atom. The Kier molecular flexibility index (Phi) is 4.09. The first kappa shape index (κ1) is 13.9. The van der Waals surface area contributed by atoms with Crippen molar-refractivity contribution in [2.75, 3.05) is 11.9 Å². The second kappa shape index (κ2) is 5.61. The van der Waals surface area contributed by atoms with E-state index in [0.29, 0.717) is 17.2 Å². The van der Waals surface area contributed by atoms with Crippen LogP contribution in [0.5, 0.6) is 0 Å². The summed E-state index contributed by atoms with van der Waals surface area (Å²) < 4.78 is 26.7. The highest BCUT2D eigenvalue weighted by Crippen LogP contribution is 2.30. The number of aryl methyl sites for hydroxylation is 1. The van der Waals surface area contributed by atoms with E-state index < -0.39 is 11.6 Å². The molecule has 19 heavy (non-hydrogen) atoms. The summed E-state index contributed by atoms with van der Waals surface area (Å²) in [4.78, 5) is 8.53. The van der Waals surface area contributed by atoms with Crippen molar-refractivity contribution in [2.45, 2.75) is 13.8 Å². The van der Waals surface area contributed by atoms with Gasteiger partial charge in [-0.25, -0.2) is 18.7 Å². The maximum absolute atomic E-state index is 13.5. The van der Waals surface area contributed by atoms with Crippen LogP contribution in [-0.4, -0.2) is 16.5 Å². The molecule has 0 saturated carbocycles. The van der Waals surface area contributed by atoms with Gasteiger partial charge in [0.1, 0.15) is 5.82 Å². The number of hydrogen-bond acceptors (Lipinski definition) is 3. The third-order valence-corrected chi connectivity index (χ3v) is 3.26. The minimum atomic E-state index is -0.937. The predicted octanol–water partition coefficient (Wildman–Crippen LogP) is 3.92. The first-order valence-corrected chi connectivity index (χ1v) is 6.55. The maximum Gasteiger partial charge on any atom is 0.173 e. The van der Waals surface area contributed by atoms with Gasteiger partial charge in [-0.05, 0) is 41.9 Å². The van der Waals surface area contributed by atoms with E-state index in [4.69, 9.17) is 0 Å². The molecule has 0 fully saturated rings. The lowest BCUT2D eigenvalue weighted by Crippen LogP contribution is -2.03. The highest BCUT2D eigenvalue weighted by Gasteiger charge is 2.15. The van der Waals surface area contributed by atoms with Gasteiger partial charge >= 0.3 is 0 Å². The average Bonchev–Trinajstić information content (AvgIpc) is 2.36. The van der Waals surface area contributed by atoms with Crippen LogP contribution >= 0.6 is 15.9 Å². The van der Waals surface area contributed by atoms with Gasteiger partial charge in [0, 0.05) is 23.9 Å². The monoisotopic (exact) mass is 327 g/mol. The van der Waals surface area contributed by atoms with E-state index in [-0.39, 0.29) is 4.47 Å². The Morgan fingerprint density at radius 3 is 2.68 bits per heavy atom. The van der Waals surface area contributed by atoms with Crippen LogP contribution in [0.15, 0.2) is 22.7 Å². The second-order valence-electron chi connectivity index (χ2n) is 3.97. The largest absolute Gasteiger partial charge is 0.370 e. The molecule has 2 rings (SSSR count). The molecule has 0 unspecified atom stereocenters. The molecule has 1 N–H and O–H groups in total. The molecule has 0 atom stereocenters. The van der Waals surface area contributed by atoms with Crippen LogP contribution in [0.2, 0.25) is 0 Å². The van der Waals surface area contributed by atoms with E-state index in [1.54, 1.807) is 6.07 Å². The summed E-state index contributed by atoms with van der Waals surface area (Å²) in [6, 6.07) is 4.31. The normalized spacial score (nSPS) is 10.6. The van der Waals surface area contributed by atoms with E-state index in [1.165, 1.54) is 6.07 Å². The Labute approximate surface area is 118 Å². The average molecular weight is 328 g/mol. The van der Waals surface area contributed by atoms with Crippen LogP contribution in [0.1, 0.15) is 12.6 Å². The lowest BCUT2D eigenvalue weighted by atomic mass is 10.2. The summed E-state index contributed by atoms with van der Waals surface area (Å²) in [7, 11) is 0. The molecule has 0 radical (unpaired) electrons. The summed E-state index contributed by atoms with van der Waals surface area (Å²) >= 11 is 3.04. The lowest BCUT2D eigenvalue weighted by Gasteiger charge is -2.09. The van der Waals surface area contributed by atoms with Gasteiger partial charge in [-0.1, -0.05) is 0 Å². The molecule has 0 aliphatic rings. The van der Waals surface area contributed by atoms with Crippen molar-refractivity contribution in [1.29, 1.82) is 0 Å². The third-order valence-electron chi connectivity index (χ3n) is 2.49. The predicted molar refractivity (Wildman–Crippen MR) is 74.0 cm³/mol. The number of anilines is 1. The van der Waals surface area contributed by atoms with Gasteiger partial charge in [0.05, 0.1) is 4.47 Å². The Morgan fingerprint density at radius 1 is 1.26 bits per heavy atom. The van der Waals surface area contributed by atoms with E-state index >= 15 is 0 Å². The van der Waals surface area contributed by atoms with E-state index in [9.17, 15) is 8.78 Å². The molecule has 1 aromatic heterocycles. The molecule has 2 aromatic rings. The summed E-state index contributed by atoms with van der Waals surface area (Å²) in [6.45, 7) is 4.49. The fraction of sp³-hybridized carbons (Fsp3) is 0.231. The Hall–Kier alpha value is -1.56. The minimum absolute atomic E-state index is 0.0283. The number of nitrogens with one attached hydrogen (secondary N) is 1. The molecule has 0 spiro atoms. The molecule has 0 saturated heterocycles. The first-order chi connectivity index (χ1) is 9.02.